The van der Waals surface area contributed by atoms with Crippen LogP contribution in [0.5, 0.6) is 0 Å². The standard InChI is InChI=1S/C17H14ClN3O2/c18-13-3-1-2-12(10-13)6-9-20-16-4-5-17(21(22)23)15-11-19-8-7-14(15)16/h1-5,7-8,10-11,20H,6,9H2. The van der Waals surface area contributed by atoms with Gasteiger partial charge >= 0.3 is 0 Å². The second-order valence-corrected chi connectivity index (χ2v) is 5.55. The highest BCUT2D eigenvalue weighted by Crippen LogP contribution is 2.30. The normalized spacial score (nSPS) is 10.7. The Labute approximate surface area is 138 Å². The molecule has 0 aliphatic rings. The number of hydrogen-bond donors (Lipinski definition) is 1. The van der Waals surface area contributed by atoms with Crippen LogP contribution in [0.3, 0.4) is 0 Å². The van der Waals surface area contributed by atoms with Crippen molar-refractivity contribution < 1.29 is 4.92 Å². The van der Waals surface area contributed by atoms with Gasteiger partial charge in [-0.3, -0.25) is 15.1 Å². The minimum absolute atomic E-state index is 0.0634. The molecule has 1 aromatic heterocycles. The maximum atomic E-state index is 11.1. The predicted octanol–water partition coefficient (Wildman–Crippen LogP) is 4.45. The summed E-state index contributed by atoms with van der Waals surface area (Å²) in [6, 6.07) is 12.7. The molecule has 116 valence electrons. The lowest BCUT2D eigenvalue weighted by Gasteiger charge is -2.10. The quantitative estimate of drug-likeness (QED) is 0.555. The van der Waals surface area contributed by atoms with Gasteiger partial charge in [-0.1, -0.05) is 23.7 Å². The molecule has 3 aromatic rings. The third kappa shape index (κ3) is 3.40. The summed E-state index contributed by atoms with van der Waals surface area (Å²) in [6.45, 7) is 0.704. The predicted molar refractivity (Wildman–Crippen MR) is 92.0 cm³/mol. The fourth-order valence-corrected chi connectivity index (χ4v) is 2.74. The van der Waals surface area contributed by atoms with Gasteiger partial charge in [0.15, 0.2) is 0 Å². The summed E-state index contributed by atoms with van der Waals surface area (Å²) in [6.07, 6.45) is 3.97. The molecule has 23 heavy (non-hydrogen) atoms. The summed E-state index contributed by atoms with van der Waals surface area (Å²) in [4.78, 5) is 14.7. The monoisotopic (exact) mass is 327 g/mol. The zero-order valence-electron chi connectivity index (χ0n) is 12.2. The van der Waals surface area contributed by atoms with E-state index in [2.05, 4.69) is 10.3 Å². The van der Waals surface area contributed by atoms with Crippen LogP contribution < -0.4 is 5.32 Å². The second kappa shape index (κ2) is 6.62. The summed E-state index contributed by atoms with van der Waals surface area (Å²) in [5.74, 6) is 0. The van der Waals surface area contributed by atoms with Crippen LogP contribution in [-0.4, -0.2) is 16.5 Å². The highest BCUT2D eigenvalue weighted by molar-refractivity contribution is 6.30. The van der Waals surface area contributed by atoms with Gasteiger partial charge in [0.05, 0.1) is 10.3 Å². The van der Waals surface area contributed by atoms with E-state index in [9.17, 15) is 10.1 Å². The molecule has 0 saturated carbocycles. The van der Waals surface area contributed by atoms with Crippen molar-refractivity contribution in [2.45, 2.75) is 6.42 Å². The van der Waals surface area contributed by atoms with E-state index in [4.69, 9.17) is 11.6 Å². The lowest BCUT2D eigenvalue weighted by atomic mass is 10.1. The van der Waals surface area contributed by atoms with Gasteiger partial charge < -0.3 is 5.32 Å². The zero-order valence-corrected chi connectivity index (χ0v) is 13.0. The van der Waals surface area contributed by atoms with E-state index < -0.39 is 0 Å². The Balaban J connectivity index is 1.81. The Morgan fingerprint density at radius 1 is 1.17 bits per heavy atom. The molecule has 1 N–H and O–H groups in total. The maximum absolute atomic E-state index is 11.1. The fraction of sp³-hybridized carbons (Fsp3) is 0.118. The summed E-state index contributed by atoms with van der Waals surface area (Å²) >= 11 is 5.97. The van der Waals surface area contributed by atoms with Crippen LogP contribution in [0.1, 0.15) is 5.56 Å². The number of non-ortho nitro benzene ring substituents is 1. The van der Waals surface area contributed by atoms with Crippen LogP contribution in [0.15, 0.2) is 54.9 Å². The van der Waals surface area contributed by atoms with Gasteiger partial charge in [0.1, 0.15) is 0 Å². The average Bonchev–Trinajstić information content (AvgIpc) is 2.55. The van der Waals surface area contributed by atoms with E-state index >= 15 is 0 Å². The third-order valence-corrected chi connectivity index (χ3v) is 3.85. The number of benzene rings is 2. The van der Waals surface area contributed by atoms with Gasteiger partial charge in [-0.2, -0.15) is 0 Å². The van der Waals surface area contributed by atoms with Crippen molar-refractivity contribution >= 4 is 33.7 Å². The van der Waals surface area contributed by atoms with Crippen molar-refractivity contribution in [3.63, 3.8) is 0 Å². The van der Waals surface area contributed by atoms with Gasteiger partial charge in [-0.25, -0.2) is 0 Å². The number of hydrogen-bond acceptors (Lipinski definition) is 4. The third-order valence-electron chi connectivity index (χ3n) is 3.61. The Kier molecular flexibility index (Phi) is 4.39. The fourth-order valence-electron chi connectivity index (χ4n) is 2.52. The highest BCUT2D eigenvalue weighted by atomic mass is 35.5. The molecular weight excluding hydrogens is 314 g/mol. The molecular formula is C17H14ClN3O2. The highest BCUT2D eigenvalue weighted by Gasteiger charge is 2.13. The first-order valence-corrected chi connectivity index (χ1v) is 7.52. The molecule has 6 heteroatoms. The van der Waals surface area contributed by atoms with Crippen molar-refractivity contribution in [3.8, 4) is 0 Å². The smallest absolute Gasteiger partial charge is 0.278 e. The minimum Gasteiger partial charge on any atom is -0.384 e. The molecule has 1 heterocycles. The topological polar surface area (TPSA) is 68.1 Å². The van der Waals surface area contributed by atoms with E-state index in [0.717, 1.165) is 28.1 Å². The van der Waals surface area contributed by atoms with Gasteiger partial charge in [0.2, 0.25) is 0 Å². The molecule has 0 amide bonds. The van der Waals surface area contributed by atoms with Crippen LogP contribution in [0.4, 0.5) is 11.4 Å². The van der Waals surface area contributed by atoms with Crippen LogP contribution in [0.25, 0.3) is 10.8 Å². The van der Waals surface area contributed by atoms with Crippen molar-refractivity contribution in [3.05, 3.63) is 75.6 Å². The van der Waals surface area contributed by atoms with E-state index in [1.807, 2.05) is 24.3 Å². The molecule has 0 fully saturated rings. The second-order valence-electron chi connectivity index (χ2n) is 5.12. The number of aromatic nitrogens is 1. The summed E-state index contributed by atoms with van der Waals surface area (Å²) in [5.41, 5.74) is 2.06. The van der Waals surface area contributed by atoms with E-state index in [0.29, 0.717) is 11.9 Å². The first-order valence-electron chi connectivity index (χ1n) is 7.14. The van der Waals surface area contributed by atoms with Gasteiger partial charge in [-0.15, -0.1) is 0 Å². The van der Waals surface area contributed by atoms with Crippen LogP contribution >= 0.6 is 11.6 Å². The number of halogens is 1. The molecule has 2 aromatic carbocycles. The maximum Gasteiger partial charge on any atom is 0.278 e. The number of anilines is 1. The van der Waals surface area contributed by atoms with Crippen LogP contribution in [-0.2, 0) is 6.42 Å². The molecule has 0 aliphatic carbocycles. The first-order chi connectivity index (χ1) is 11.1. The Morgan fingerprint density at radius 3 is 2.83 bits per heavy atom. The van der Waals surface area contributed by atoms with Gasteiger partial charge in [0, 0.05) is 41.1 Å². The Bertz CT molecular complexity index is 867. The molecule has 0 spiro atoms. The van der Waals surface area contributed by atoms with Gasteiger partial charge in [-0.05, 0) is 36.2 Å². The van der Waals surface area contributed by atoms with Crippen LogP contribution in [0, 0.1) is 10.1 Å². The molecule has 0 radical (unpaired) electrons. The molecule has 0 bridgehead atoms. The van der Waals surface area contributed by atoms with Gasteiger partial charge in [0.25, 0.3) is 5.69 Å². The number of nitro benzene ring substituents is 1. The number of nitro groups is 1. The minimum atomic E-state index is -0.389. The summed E-state index contributed by atoms with van der Waals surface area (Å²) in [7, 11) is 0. The Hall–Kier alpha value is -2.66. The first kappa shape index (κ1) is 15.2. The Morgan fingerprint density at radius 2 is 2.04 bits per heavy atom. The van der Waals surface area contributed by atoms with Crippen molar-refractivity contribution in [1.29, 1.82) is 0 Å². The van der Waals surface area contributed by atoms with E-state index in [1.165, 1.54) is 12.3 Å². The van der Waals surface area contributed by atoms with E-state index in [1.54, 1.807) is 18.3 Å². The van der Waals surface area contributed by atoms with Crippen molar-refractivity contribution in [2.75, 3.05) is 11.9 Å². The average molecular weight is 328 g/mol. The number of nitrogens with zero attached hydrogens (tertiary/aromatic N) is 2. The molecule has 0 saturated heterocycles. The molecule has 5 nitrogen and oxygen atoms in total. The van der Waals surface area contributed by atoms with Crippen molar-refractivity contribution in [2.24, 2.45) is 0 Å². The van der Waals surface area contributed by atoms with Crippen LogP contribution in [0.2, 0.25) is 5.02 Å². The zero-order chi connectivity index (χ0) is 16.2. The van der Waals surface area contributed by atoms with Crippen molar-refractivity contribution in [1.82, 2.24) is 4.98 Å². The SMILES string of the molecule is O=[N+]([O-])c1ccc(NCCc2cccc(Cl)c2)c2ccncc12. The van der Waals surface area contributed by atoms with E-state index in [-0.39, 0.29) is 10.6 Å². The number of fused-ring (bicyclic) bond motifs is 1. The summed E-state index contributed by atoms with van der Waals surface area (Å²) < 4.78 is 0. The number of nitrogens with one attached hydrogen (secondary N) is 1. The lowest BCUT2D eigenvalue weighted by Crippen LogP contribution is -2.05. The summed E-state index contributed by atoms with van der Waals surface area (Å²) in [5, 5.41) is 16.5. The molecule has 3 rings (SSSR count). The largest absolute Gasteiger partial charge is 0.384 e. The molecule has 0 aliphatic heterocycles. The molecule has 0 atom stereocenters. The number of rotatable bonds is 5. The molecule has 0 unspecified atom stereocenters. The lowest BCUT2D eigenvalue weighted by molar-refractivity contribution is -0.383. The number of pyridine rings is 1.